The summed E-state index contributed by atoms with van der Waals surface area (Å²) in [6.07, 6.45) is 5.90. The molecule has 1 aromatic heterocycles. The monoisotopic (exact) mass is 350 g/mol. The zero-order valence-corrected chi connectivity index (χ0v) is 14.7. The summed E-state index contributed by atoms with van der Waals surface area (Å²) in [6, 6.07) is 3.43. The van der Waals surface area contributed by atoms with Gasteiger partial charge in [0.2, 0.25) is 0 Å². The summed E-state index contributed by atoms with van der Waals surface area (Å²) < 4.78 is 5.00. The van der Waals surface area contributed by atoms with Gasteiger partial charge in [0.1, 0.15) is 0 Å². The summed E-state index contributed by atoms with van der Waals surface area (Å²) >= 11 is 1.55. The second-order valence-corrected chi connectivity index (χ2v) is 7.12. The largest absolute Gasteiger partial charge is 0.449 e. The molecular weight excluding hydrogens is 328 g/mol. The number of nitrogens with one attached hydrogen (secondary N) is 2. The first-order valence-electron chi connectivity index (χ1n) is 8.00. The Balaban J connectivity index is 1.74. The molecule has 0 spiro atoms. The number of carbonyl (C=O) groups excluding carboxylic acids is 3. The molecule has 0 radical (unpaired) electrons. The number of esters is 1. The van der Waals surface area contributed by atoms with Crippen molar-refractivity contribution in [1.29, 1.82) is 0 Å². The molecule has 1 aliphatic carbocycles. The van der Waals surface area contributed by atoms with Crippen LogP contribution in [0.5, 0.6) is 0 Å². The number of ether oxygens (including phenoxy) is 1. The molecule has 1 heterocycles. The number of imide groups is 1. The van der Waals surface area contributed by atoms with Crippen molar-refractivity contribution in [2.24, 2.45) is 0 Å². The van der Waals surface area contributed by atoms with Gasteiger partial charge < -0.3 is 10.1 Å². The lowest BCUT2D eigenvalue weighted by Gasteiger charge is -2.15. The van der Waals surface area contributed by atoms with Gasteiger partial charge in [0.25, 0.3) is 5.91 Å². The topological polar surface area (TPSA) is 84.5 Å². The van der Waals surface area contributed by atoms with E-state index in [0.717, 1.165) is 35.4 Å². The Kier molecular flexibility index (Phi) is 6.54. The van der Waals surface area contributed by atoms with E-state index in [2.05, 4.69) is 10.6 Å². The average molecular weight is 350 g/mol. The maximum absolute atomic E-state index is 11.9. The lowest BCUT2D eigenvalue weighted by molar-refractivity contribution is -0.149. The van der Waals surface area contributed by atoms with Crippen molar-refractivity contribution in [3.05, 3.63) is 28.0 Å². The second-order valence-electron chi connectivity index (χ2n) is 5.80. The van der Waals surface area contributed by atoms with E-state index in [-0.39, 0.29) is 6.04 Å². The smallest absolute Gasteiger partial charge is 0.331 e. The van der Waals surface area contributed by atoms with E-state index in [9.17, 15) is 14.4 Å². The highest BCUT2D eigenvalue weighted by molar-refractivity contribution is 7.12. The third kappa shape index (κ3) is 5.81. The van der Waals surface area contributed by atoms with Crippen LogP contribution in [0.4, 0.5) is 4.79 Å². The lowest BCUT2D eigenvalue weighted by atomic mass is 10.2. The molecule has 0 bridgehead atoms. The normalized spacial score (nSPS) is 16.1. The minimum atomic E-state index is -1.04. The van der Waals surface area contributed by atoms with Gasteiger partial charge in [-0.2, -0.15) is 0 Å². The Morgan fingerprint density at radius 1 is 1.29 bits per heavy atom. The predicted octanol–water partition coefficient (Wildman–Crippen LogP) is 2.77. The highest BCUT2D eigenvalue weighted by Gasteiger charge is 2.22. The van der Waals surface area contributed by atoms with Gasteiger partial charge in [0.15, 0.2) is 6.10 Å². The summed E-state index contributed by atoms with van der Waals surface area (Å²) in [7, 11) is 0. The molecular formula is C17H22N2O4S. The lowest BCUT2D eigenvalue weighted by Crippen LogP contribution is -2.47. The molecule has 24 heavy (non-hydrogen) atoms. The zero-order chi connectivity index (χ0) is 17.5. The standard InChI is InChI=1S/C17H22N2O4S/c1-11-7-8-14(24-11)9-10-15(20)23-12(2)16(21)19-17(22)18-13-5-3-4-6-13/h7-10,12-13H,3-6H2,1-2H3,(H2,18,19,21,22)/b10-9+/t12-/m1/s1. The van der Waals surface area contributed by atoms with Crippen LogP contribution in [0.3, 0.4) is 0 Å². The molecule has 0 saturated heterocycles. The summed E-state index contributed by atoms with van der Waals surface area (Å²) in [5, 5.41) is 4.94. The zero-order valence-electron chi connectivity index (χ0n) is 13.8. The molecule has 7 heteroatoms. The summed E-state index contributed by atoms with van der Waals surface area (Å²) in [4.78, 5) is 37.4. The van der Waals surface area contributed by atoms with E-state index in [1.807, 2.05) is 19.1 Å². The van der Waals surface area contributed by atoms with Gasteiger partial charge in [-0.25, -0.2) is 9.59 Å². The quantitative estimate of drug-likeness (QED) is 0.632. The van der Waals surface area contributed by atoms with Crippen LogP contribution in [0.15, 0.2) is 18.2 Å². The van der Waals surface area contributed by atoms with E-state index in [4.69, 9.17) is 4.74 Å². The van der Waals surface area contributed by atoms with Crippen LogP contribution in [-0.4, -0.2) is 30.1 Å². The molecule has 6 nitrogen and oxygen atoms in total. The Hall–Kier alpha value is -2.15. The van der Waals surface area contributed by atoms with Gasteiger partial charge in [-0.15, -0.1) is 11.3 Å². The Morgan fingerprint density at radius 3 is 2.62 bits per heavy atom. The third-order valence-electron chi connectivity index (χ3n) is 3.73. The Morgan fingerprint density at radius 2 is 2.00 bits per heavy atom. The molecule has 1 saturated carbocycles. The number of hydrogen-bond acceptors (Lipinski definition) is 5. The summed E-state index contributed by atoms with van der Waals surface area (Å²) in [5.74, 6) is -1.26. The number of urea groups is 1. The van der Waals surface area contributed by atoms with Crippen LogP contribution < -0.4 is 10.6 Å². The maximum Gasteiger partial charge on any atom is 0.331 e. The molecule has 1 aliphatic rings. The van der Waals surface area contributed by atoms with Crippen LogP contribution in [-0.2, 0) is 14.3 Å². The predicted molar refractivity (Wildman–Crippen MR) is 92.6 cm³/mol. The molecule has 1 fully saturated rings. The fraction of sp³-hybridized carbons (Fsp3) is 0.471. The summed E-state index contributed by atoms with van der Waals surface area (Å²) in [5.41, 5.74) is 0. The van der Waals surface area contributed by atoms with Crippen LogP contribution in [0, 0.1) is 6.92 Å². The Bertz CT molecular complexity index is 632. The molecule has 1 atom stereocenters. The number of hydrogen-bond donors (Lipinski definition) is 2. The number of aryl methyl sites for hydroxylation is 1. The maximum atomic E-state index is 11.9. The molecule has 1 aromatic rings. The fourth-order valence-electron chi connectivity index (χ4n) is 2.47. The molecule has 2 rings (SSSR count). The van der Waals surface area contributed by atoms with Crippen molar-refractivity contribution < 1.29 is 19.1 Å². The van der Waals surface area contributed by atoms with Gasteiger partial charge in [-0.3, -0.25) is 10.1 Å². The van der Waals surface area contributed by atoms with Gasteiger partial charge in [0.05, 0.1) is 0 Å². The van der Waals surface area contributed by atoms with Crippen LogP contribution in [0.2, 0.25) is 0 Å². The molecule has 0 aromatic carbocycles. The number of carbonyl (C=O) groups is 3. The van der Waals surface area contributed by atoms with Crippen molar-refractivity contribution >= 4 is 35.3 Å². The molecule has 0 aliphatic heterocycles. The molecule has 0 unspecified atom stereocenters. The SMILES string of the molecule is Cc1ccc(/C=C/C(=O)O[C@H](C)C(=O)NC(=O)NC2CCCC2)s1. The van der Waals surface area contributed by atoms with Gasteiger partial charge in [0, 0.05) is 21.9 Å². The van der Waals surface area contributed by atoms with Gasteiger partial charge in [-0.1, -0.05) is 12.8 Å². The number of rotatable bonds is 5. The second kappa shape index (κ2) is 8.63. The fourth-order valence-corrected chi connectivity index (χ4v) is 3.25. The highest BCUT2D eigenvalue weighted by Crippen LogP contribution is 2.17. The van der Waals surface area contributed by atoms with E-state index >= 15 is 0 Å². The molecule has 2 N–H and O–H groups in total. The summed E-state index contributed by atoms with van der Waals surface area (Å²) in [6.45, 7) is 3.41. The molecule has 130 valence electrons. The minimum absolute atomic E-state index is 0.118. The van der Waals surface area contributed by atoms with Crippen LogP contribution in [0.1, 0.15) is 42.4 Å². The van der Waals surface area contributed by atoms with E-state index in [1.165, 1.54) is 13.0 Å². The third-order valence-corrected chi connectivity index (χ3v) is 4.70. The number of amides is 3. The highest BCUT2D eigenvalue weighted by atomic mass is 32.1. The van der Waals surface area contributed by atoms with Gasteiger partial charge >= 0.3 is 12.0 Å². The Labute approximate surface area is 145 Å². The first-order chi connectivity index (χ1) is 11.4. The minimum Gasteiger partial charge on any atom is -0.449 e. The van der Waals surface area contributed by atoms with Crippen LogP contribution >= 0.6 is 11.3 Å². The van der Waals surface area contributed by atoms with E-state index in [1.54, 1.807) is 17.4 Å². The van der Waals surface area contributed by atoms with Crippen molar-refractivity contribution in [3.63, 3.8) is 0 Å². The molecule has 3 amide bonds. The van der Waals surface area contributed by atoms with Gasteiger partial charge in [-0.05, 0) is 44.9 Å². The average Bonchev–Trinajstić information content (AvgIpc) is 3.16. The van der Waals surface area contributed by atoms with Crippen molar-refractivity contribution in [2.45, 2.75) is 51.7 Å². The van der Waals surface area contributed by atoms with E-state index in [0.29, 0.717) is 0 Å². The van der Waals surface area contributed by atoms with Crippen LogP contribution in [0.25, 0.3) is 6.08 Å². The first kappa shape index (κ1) is 18.2. The van der Waals surface area contributed by atoms with E-state index < -0.39 is 24.0 Å². The van der Waals surface area contributed by atoms with Crippen molar-refractivity contribution in [3.8, 4) is 0 Å². The number of thiophene rings is 1. The first-order valence-corrected chi connectivity index (χ1v) is 8.82. The van der Waals surface area contributed by atoms with Crippen molar-refractivity contribution in [1.82, 2.24) is 10.6 Å². The van der Waals surface area contributed by atoms with Crippen molar-refractivity contribution in [2.75, 3.05) is 0 Å².